The zero-order valence-corrected chi connectivity index (χ0v) is 23.5. The molecule has 3 aromatic rings. The molecule has 1 aromatic heterocycles. The van der Waals surface area contributed by atoms with Gasteiger partial charge < -0.3 is 15.5 Å². The van der Waals surface area contributed by atoms with Crippen LogP contribution in [0.25, 0.3) is 11.1 Å². The molecule has 2 heterocycles. The van der Waals surface area contributed by atoms with Gasteiger partial charge in [-0.15, -0.1) is 0 Å². The number of halogens is 5. The molecule has 3 atom stereocenters. The molecule has 2 aromatic carbocycles. The summed E-state index contributed by atoms with van der Waals surface area (Å²) < 4.78 is 71.2. The molecule has 2 N–H and O–H groups in total. The van der Waals surface area contributed by atoms with Crippen molar-refractivity contribution in [3.05, 3.63) is 77.4 Å². The fraction of sp³-hybridized carbons (Fsp3) is 0.345. The van der Waals surface area contributed by atoms with E-state index in [1.807, 2.05) is 0 Å². The van der Waals surface area contributed by atoms with E-state index in [0.29, 0.717) is 20.9 Å². The smallest absolute Gasteiger partial charge is 0.358 e. The molecule has 1 saturated heterocycles. The number of carbonyl (C=O) groups excluding carboxylic acids is 4. The molecule has 0 radical (unpaired) electrons. The summed E-state index contributed by atoms with van der Waals surface area (Å²) in [7, 11) is 1.48. The summed E-state index contributed by atoms with van der Waals surface area (Å²) in [6.07, 6.45) is -3.93. The number of nitrogens with one attached hydrogen (secondary N) is 2. The maximum absolute atomic E-state index is 15.4. The third kappa shape index (κ3) is 5.61. The van der Waals surface area contributed by atoms with E-state index in [1.165, 1.54) is 42.2 Å². The molecule has 10 nitrogen and oxygen atoms in total. The van der Waals surface area contributed by atoms with E-state index in [9.17, 15) is 36.7 Å². The number of nitrogens with zero attached hydrogens (tertiary/aromatic N) is 4. The first-order valence-corrected chi connectivity index (χ1v) is 13.5. The number of rotatable bonds is 8. The molecule has 1 fully saturated rings. The fourth-order valence-corrected chi connectivity index (χ4v) is 5.43. The zero-order chi connectivity index (χ0) is 32.0. The van der Waals surface area contributed by atoms with Crippen molar-refractivity contribution in [2.75, 3.05) is 13.6 Å². The Labute approximate surface area is 247 Å². The van der Waals surface area contributed by atoms with Gasteiger partial charge in [0.2, 0.25) is 11.8 Å². The molecular formula is C29H27F5N6O4. The molecule has 1 aliphatic carbocycles. The Kier molecular flexibility index (Phi) is 7.90. The lowest BCUT2D eigenvalue weighted by molar-refractivity contribution is -0.187. The second kappa shape index (κ2) is 11.4. The van der Waals surface area contributed by atoms with Crippen molar-refractivity contribution >= 4 is 23.8 Å². The number of fused-ring (bicyclic) bond motifs is 2. The first-order valence-electron chi connectivity index (χ1n) is 13.5. The zero-order valence-electron chi connectivity index (χ0n) is 23.5. The average Bonchev–Trinajstić information content (AvgIpc) is 3.62. The highest BCUT2D eigenvalue weighted by Gasteiger charge is 2.59. The van der Waals surface area contributed by atoms with Gasteiger partial charge in [-0.1, -0.05) is 24.3 Å². The van der Waals surface area contributed by atoms with Gasteiger partial charge >= 0.3 is 12.2 Å². The molecule has 232 valence electrons. The van der Waals surface area contributed by atoms with Crippen LogP contribution in [0, 0.1) is 5.82 Å². The number of hydrogen-bond acceptors (Lipinski definition) is 5. The van der Waals surface area contributed by atoms with Crippen LogP contribution in [0.3, 0.4) is 0 Å². The summed E-state index contributed by atoms with van der Waals surface area (Å²) in [5.74, 6) is -3.04. The summed E-state index contributed by atoms with van der Waals surface area (Å²) in [6.45, 7) is -0.862. The molecule has 1 aliphatic heterocycles. The number of hydrogen-bond donors (Lipinski definition) is 2. The van der Waals surface area contributed by atoms with Crippen molar-refractivity contribution in [2.24, 2.45) is 0 Å². The lowest BCUT2D eigenvalue weighted by Crippen LogP contribution is -2.51. The van der Waals surface area contributed by atoms with Gasteiger partial charge in [0.1, 0.15) is 36.7 Å². The van der Waals surface area contributed by atoms with Crippen molar-refractivity contribution in [1.82, 2.24) is 30.2 Å². The molecule has 44 heavy (non-hydrogen) atoms. The van der Waals surface area contributed by atoms with E-state index in [4.69, 9.17) is 0 Å². The third-order valence-corrected chi connectivity index (χ3v) is 7.88. The number of aromatic nitrogens is 2. The van der Waals surface area contributed by atoms with Crippen molar-refractivity contribution in [3.8, 4) is 11.1 Å². The van der Waals surface area contributed by atoms with Gasteiger partial charge in [-0.3, -0.25) is 24.0 Å². The summed E-state index contributed by atoms with van der Waals surface area (Å²) in [5, 5.41) is 9.06. The first-order chi connectivity index (χ1) is 20.7. The van der Waals surface area contributed by atoms with Crippen LogP contribution in [0.5, 0.6) is 0 Å². The van der Waals surface area contributed by atoms with E-state index in [1.54, 1.807) is 12.3 Å². The lowest BCUT2D eigenvalue weighted by atomic mass is 9.90. The number of urea groups is 1. The van der Waals surface area contributed by atoms with Crippen LogP contribution < -0.4 is 10.6 Å². The van der Waals surface area contributed by atoms with Crippen LogP contribution in [-0.4, -0.2) is 69.1 Å². The highest BCUT2D eigenvalue weighted by molar-refractivity contribution is 6.10. The van der Waals surface area contributed by atoms with E-state index in [2.05, 4.69) is 15.7 Å². The van der Waals surface area contributed by atoms with Crippen LogP contribution in [0.2, 0.25) is 0 Å². The van der Waals surface area contributed by atoms with Crippen molar-refractivity contribution < 1.29 is 41.1 Å². The minimum Gasteiger partial charge on any atom is -0.358 e. The molecule has 15 heteroatoms. The van der Waals surface area contributed by atoms with Gasteiger partial charge in [0.05, 0.1) is 6.20 Å². The van der Waals surface area contributed by atoms with Crippen LogP contribution in [0.15, 0.2) is 54.9 Å². The highest BCUT2D eigenvalue weighted by atomic mass is 19.4. The molecular weight excluding hydrogens is 591 g/mol. The predicted octanol–water partition coefficient (Wildman–Crippen LogP) is 3.58. The second-order valence-corrected chi connectivity index (χ2v) is 10.7. The lowest BCUT2D eigenvalue weighted by Gasteiger charge is -2.32. The SMILES string of the molecule is CNC(=O)Cn1cc(-c2ccc3c(c2)[C@H](F)C[C@]32NC(=O)N(CC(=O)N(Cc3ccc(F)cc3)[C@@H](C)C(F)(F)F)C2=O)cn1. The fourth-order valence-electron chi connectivity index (χ4n) is 5.43. The van der Waals surface area contributed by atoms with Gasteiger partial charge in [0.15, 0.2) is 0 Å². The maximum Gasteiger partial charge on any atom is 0.408 e. The molecule has 1 spiro atoms. The van der Waals surface area contributed by atoms with Gasteiger partial charge in [0.25, 0.3) is 5.91 Å². The van der Waals surface area contributed by atoms with Gasteiger partial charge in [-0.05, 0) is 47.4 Å². The Morgan fingerprint density at radius 3 is 2.50 bits per heavy atom. The van der Waals surface area contributed by atoms with Crippen LogP contribution in [0.1, 0.15) is 36.2 Å². The highest BCUT2D eigenvalue weighted by Crippen LogP contribution is 2.49. The van der Waals surface area contributed by atoms with E-state index in [-0.39, 0.29) is 29.1 Å². The Hall–Kier alpha value is -4.82. The van der Waals surface area contributed by atoms with E-state index in [0.717, 1.165) is 19.1 Å². The van der Waals surface area contributed by atoms with E-state index >= 15 is 4.39 Å². The monoisotopic (exact) mass is 618 g/mol. The van der Waals surface area contributed by atoms with Crippen molar-refractivity contribution in [3.63, 3.8) is 0 Å². The predicted molar refractivity (Wildman–Crippen MR) is 145 cm³/mol. The van der Waals surface area contributed by atoms with E-state index < -0.39 is 67.1 Å². The number of imide groups is 1. The number of carbonyl (C=O) groups is 4. The summed E-state index contributed by atoms with van der Waals surface area (Å²) in [5.41, 5.74) is -0.277. The minimum absolute atomic E-state index is 0.0333. The topological polar surface area (TPSA) is 117 Å². The minimum atomic E-state index is -4.84. The quantitative estimate of drug-likeness (QED) is 0.296. The normalized spacial score (nSPS) is 20.1. The Balaban J connectivity index is 1.39. The third-order valence-electron chi connectivity index (χ3n) is 7.88. The Bertz CT molecular complexity index is 1620. The Morgan fingerprint density at radius 2 is 1.84 bits per heavy atom. The number of benzene rings is 2. The summed E-state index contributed by atoms with van der Waals surface area (Å²) in [6, 6.07) is 5.71. The maximum atomic E-state index is 15.4. The van der Waals surface area contributed by atoms with Crippen LogP contribution in [-0.2, 0) is 33.0 Å². The molecule has 5 rings (SSSR count). The largest absolute Gasteiger partial charge is 0.408 e. The van der Waals surface area contributed by atoms with Crippen molar-refractivity contribution in [1.29, 1.82) is 0 Å². The number of alkyl halides is 4. The molecule has 0 saturated carbocycles. The number of likely N-dealkylation sites (N-methyl/N-ethyl adjacent to an activating group) is 1. The van der Waals surface area contributed by atoms with Gasteiger partial charge in [-0.2, -0.15) is 18.3 Å². The van der Waals surface area contributed by atoms with Gasteiger partial charge in [-0.25, -0.2) is 13.6 Å². The van der Waals surface area contributed by atoms with Crippen LogP contribution in [0.4, 0.5) is 26.7 Å². The number of amides is 5. The van der Waals surface area contributed by atoms with Crippen LogP contribution >= 0.6 is 0 Å². The standard InChI is InChI=1S/C29H27F5N6O4/c1-16(29(32,33)34)39(12-17-3-6-20(30)7-4-17)25(42)15-40-26(43)28(37-27(40)44)10-23(31)21-9-18(5-8-22(21)28)19-11-36-38(13-19)14-24(41)35-2/h3-9,11,13,16,23H,10,12,14-15H2,1-2H3,(H,35,41)(H,37,44)/t16-,23+,28-/m0/s1. The Morgan fingerprint density at radius 1 is 1.14 bits per heavy atom. The molecule has 0 bridgehead atoms. The molecule has 5 amide bonds. The second-order valence-electron chi connectivity index (χ2n) is 10.7. The summed E-state index contributed by atoms with van der Waals surface area (Å²) in [4.78, 5) is 52.4. The average molecular weight is 619 g/mol. The summed E-state index contributed by atoms with van der Waals surface area (Å²) >= 11 is 0. The van der Waals surface area contributed by atoms with Crippen molar-refractivity contribution in [2.45, 2.75) is 50.4 Å². The van der Waals surface area contributed by atoms with Gasteiger partial charge in [0, 0.05) is 31.8 Å². The first kappa shape index (κ1) is 30.6. The molecule has 2 aliphatic rings. The molecule has 0 unspecified atom stereocenters.